The number of aromatic nitrogens is 2. The number of benzene rings is 2. The summed E-state index contributed by atoms with van der Waals surface area (Å²) >= 11 is 12.6. The fourth-order valence-corrected chi connectivity index (χ4v) is 3.40. The Hall–Kier alpha value is -2.30. The molecule has 0 aliphatic carbocycles. The number of nitrogens with zero attached hydrogens (tertiary/aromatic N) is 3. The van der Waals surface area contributed by atoms with Crippen molar-refractivity contribution in [1.82, 2.24) is 14.9 Å². The second-order valence-corrected chi connectivity index (χ2v) is 7.24. The normalized spacial score (nSPS) is 14.7. The molecule has 0 radical (unpaired) electrons. The number of hydrogen-bond donors (Lipinski definition) is 1. The maximum Gasteiger partial charge on any atom is 0.148 e. The summed E-state index contributed by atoms with van der Waals surface area (Å²) in [4.78, 5) is 9.49. The van der Waals surface area contributed by atoms with Gasteiger partial charge in [-0.2, -0.15) is 0 Å². The fraction of sp³-hybridized carbons (Fsp3) is 0.200. The predicted molar refractivity (Wildman–Crippen MR) is 109 cm³/mol. The first-order chi connectivity index (χ1) is 12.6. The zero-order chi connectivity index (χ0) is 18.1. The van der Waals surface area contributed by atoms with Crippen LogP contribution >= 0.6 is 23.2 Å². The van der Waals surface area contributed by atoms with Gasteiger partial charge in [0.15, 0.2) is 0 Å². The number of aliphatic imine (C=N–C) groups is 1. The Kier molecular flexibility index (Phi) is 4.70. The molecule has 0 spiro atoms. The molecule has 26 heavy (non-hydrogen) atoms. The van der Waals surface area contributed by atoms with Crippen molar-refractivity contribution in [1.29, 1.82) is 0 Å². The third kappa shape index (κ3) is 3.22. The molecule has 0 saturated carbocycles. The molecule has 0 fully saturated rings. The third-order valence-corrected chi connectivity index (χ3v) is 4.78. The average Bonchev–Trinajstić information content (AvgIpc) is 3.02. The third-order valence-electron chi connectivity index (χ3n) is 4.42. The van der Waals surface area contributed by atoms with Gasteiger partial charge in [0.2, 0.25) is 0 Å². The van der Waals surface area contributed by atoms with E-state index in [1.807, 2.05) is 41.0 Å². The summed E-state index contributed by atoms with van der Waals surface area (Å²) in [6.07, 6.45) is 1.69. The molecule has 1 aliphatic rings. The minimum Gasteiger partial charge on any atom is -0.324 e. The summed E-state index contributed by atoms with van der Waals surface area (Å²) in [7, 11) is 0. The van der Waals surface area contributed by atoms with Gasteiger partial charge in [-0.15, -0.1) is 0 Å². The van der Waals surface area contributed by atoms with Gasteiger partial charge in [-0.25, -0.2) is 4.98 Å². The Balaban J connectivity index is 1.86. The topological polar surface area (TPSA) is 42.2 Å². The Labute approximate surface area is 162 Å². The van der Waals surface area contributed by atoms with Gasteiger partial charge in [-0.05, 0) is 25.5 Å². The van der Waals surface area contributed by atoms with Crippen LogP contribution in [0.3, 0.4) is 0 Å². The van der Waals surface area contributed by atoms with Gasteiger partial charge < -0.3 is 5.32 Å². The zero-order valence-corrected chi connectivity index (χ0v) is 15.8. The van der Waals surface area contributed by atoms with E-state index < -0.39 is 0 Å². The van der Waals surface area contributed by atoms with Gasteiger partial charge in [0.05, 0.1) is 11.0 Å². The fourth-order valence-electron chi connectivity index (χ4n) is 3.14. The van der Waals surface area contributed by atoms with Gasteiger partial charge in [-0.3, -0.25) is 9.56 Å². The Morgan fingerprint density at radius 2 is 1.85 bits per heavy atom. The second-order valence-electron chi connectivity index (χ2n) is 6.29. The molecular weight excluding hydrogens is 367 g/mol. The number of imidazole rings is 1. The minimum atomic E-state index is 0.149. The summed E-state index contributed by atoms with van der Waals surface area (Å²) in [5.74, 6) is 2.26. The van der Waals surface area contributed by atoms with E-state index >= 15 is 0 Å². The van der Waals surface area contributed by atoms with Crippen LogP contribution in [0.2, 0.25) is 0 Å². The van der Waals surface area contributed by atoms with Gasteiger partial charge in [-0.1, -0.05) is 65.2 Å². The lowest BCUT2D eigenvalue weighted by atomic mass is 10.1. The van der Waals surface area contributed by atoms with E-state index in [1.54, 1.807) is 0 Å². The molecule has 4 nitrogen and oxygen atoms in total. The summed E-state index contributed by atoms with van der Waals surface area (Å²) < 4.78 is 2.15. The Bertz CT molecular complexity index is 1010. The van der Waals surface area contributed by atoms with Crippen molar-refractivity contribution < 1.29 is 0 Å². The summed E-state index contributed by atoms with van der Waals surface area (Å²) in [5, 5.41) is 3.35. The molecular formula is C20H18Cl2N4. The van der Waals surface area contributed by atoms with Crippen molar-refractivity contribution in [2.24, 2.45) is 4.99 Å². The molecule has 0 saturated heterocycles. The number of nitrogens with one attached hydrogen (secondary N) is 1. The highest BCUT2D eigenvalue weighted by Gasteiger charge is 2.19. The lowest BCUT2D eigenvalue weighted by molar-refractivity contribution is 0.779. The molecule has 1 N–H and O–H groups in total. The van der Waals surface area contributed by atoms with Gasteiger partial charge in [0, 0.05) is 18.5 Å². The predicted octanol–water partition coefficient (Wildman–Crippen LogP) is 4.89. The lowest BCUT2D eigenvalue weighted by Crippen LogP contribution is -2.27. The van der Waals surface area contributed by atoms with Crippen molar-refractivity contribution >= 4 is 45.9 Å². The van der Waals surface area contributed by atoms with E-state index in [0.29, 0.717) is 12.4 Å². The monoisotopic (exact) mass is 384 g/mol. The molecule has 132 valence electrons. The molecule has 4 rings (SSSR count). The molecule has 6 heteroatoms. The molecule has 1 aromatic heterocycles. The van der Waals surface area contributed by atoms with Crippen molar-refractivity contribution in [2.45, 2.75) is 19.8 Å². The van der Waals surface area contributed by atoms with Crippen LogP contribution < -0.4 is 5.32 Å². The van der Waals surface area contributed by atoms with E-state index in [-0.39, 0.29) is 4.49 Å². The molecule has 0 amide bonds. The van der Waals surface area contributed by atoms with Gasteiger partial charge in [0.25, 0.3) is 0 Å². The zero-order valence-electron chi connectivity index (χ0n) is 14.3. The van der Waals surface area contributed by atoms with Crippen molar-refractivity contribution in [3.05, 3.63) is 70.0 Å². The quantitative estimate of drug-likeness (QED) is 0.648. The molecule has 1 aliphatic heterocycles. The number of aryl methyl sites for hydroxylation is 2. The largest absolute Gasteiger partial charge is 0.324 e. The van der Waals surface area contributed by atoms with E-state index in [4.69, 9.17) is 33.2 Å². The highest BCUT2D eigenvalue weighted by atomic mass is 35.5. The smallest absolute Gasteiger partial charge is 0.148 e. The minimum absolute atomic E-state index is 0.149. The number of rotatable bonds is 1. The number of fused-ring (bicyclic) bond motifs is 3. The van der Waals surface area contributed by atoms with E-state index in [1.165, 1.54) is 5.56 Å². The first kappa shape index (κ1) is 17.1. The number of para-hydroxylation sites is 2. The van der Waals surface area contributed by atoms with Crippen LogP contribution in [0.15, 0.2) is 58.0 Å². The number of amidine groups is 1. The highest BCUT2D eigenvalue weighted by molar-refractivity contribution is 6.58. The maximum atomic E-state index is 6.28. The summed E-state index contributed by atoms with van der Waals surface area (Å²) in [5.41, 5.74) is 4.08. The standard InChI is InChI=1S/C20H18Cl2N4/c1-13-8-10-14(11-9-13)19-23-12-4-7-17-24-15-5-2-3-6-16(15)26(17)20(25-19)18(21)22/h2-3,5-6,8-11H,4,7,12H2,1H3,(H,23,25). The Morgan fingerprint density at radius 3 is 2.62 bits per heavy atom. The van der Waals surface area contributed by atoms with Gasteiger partial charge >= 0.3 is 0 Å². The van der Waals surface area contributed by atoms with Crippen molar-refractivity contribution in [3.63, 3.8) is 0 Å². The van der Waals surface area contributed by atoms with Crippen LogP contribution in [-0.4, -0.2) is 21.9 Å². The molecule has 0 bridgehead atoms. The summed E-state index contributed by atoms with van der Waals surface area (Å²) in [6, 6.07) is 16.2. The van der Waals surface area contributed by atoms with Crippen LogP contribution in [0.25, 0.3) is 16.9 Å². The van der Waals surface area contributed by atoms with Crippen LogP contribution in [0, 0.1) is 6.92 Å². The van der Waals surface area contributed by atoms with E-state index in [9.17, 15) is 0 Å². The molecule has 2 heterocycles. The van der Waals surface area contributed by atoms with Crippen LogP contribution in [0.1, 0.15) is 23.4 Å². The molecule has 3 aromatic rings. The lowest BCUT2D eigenvalue weighted by Gasteiger charge is -2.16. The average molecular weight is 385 g/mol. The SMILES string of the molecule is Cc1ccc(C2=NCCCc3nc4ccccc4n3C(=C(Cl)Cl)N2)cc1. The van der Waals surface area contributed by atoms with Crippen LogP contribution in [-0.2, 0) is 6.42 Å². The maximum absolute atomic E-state index is 6.28. The van der Waals surface area contributed by atoms with Crippen molar-refractivity contribution in [2.75, 3.05) is 6.54 Å². The molecule has 0 unspecified atom stereocenters. The van der Waals surface area contributed by atoms with Gasteiger partial charge in [0.1, 0.15) is 22.0 Å². The number of hydrogen-bond acceptors (Lipinski definition) is 3. The number of halogens is 2. The second kappa shape index (κ2) is 7.14. The van der Waals surface area contributed by atoms with Crippen molar-refractivity contribution in [3.8, 4) is 0 Å². The Morgan fingerprint density at radius 1 is 1.08 bits per heavy atom. The first-order valence-electron chi connectivity index (χ1n) is 8.54. The molecule has 0 atom stereocenters. The molecule has 2 aromatic carbocycles. The highest BCUT2D eigenvalue weighted by Crippen LogP contribution is 2.26. The van der Waals surface area contributed by atoms with Crippen LogP contribution in [0.5, 0.6) is 0 Å². The van der Waals surface area contributed by atoms with Crippen LogP contribution in [0.4, 0.5) is 0 Å². The van der Waals surface area contributed by atoms with E-state index in [0.717, 1.165) is 41.1 Å². The first-order valence-corrected chi connectivity index (χ1v) is 9.29. The summed E-state index contributed by atoms with van der Waals surface area (Å²) in [6.45, 7) is 2.76. The van der Waals surface area contributed by atoms with E-state index in [2.05, 4.69) is 24.4 Å².